The molecule has 1 heterocycles. The van der Waals surface area contributed by atoms with Gasteiger partial charge in [-0.15, -0.1) is 0 Å². The number of nitrogens with zero attached hydrogens (tertiary/aromatic N) is 1. The summed E-state index contributed by atoms with van der Waals surface area (Å²) in [5.41, 5.74) is 4.17. The highest BCUT2D eigenvalue weighted by molar-refractivity contribution is 7.71. The zero-order chi connectivity index (χ0) is 22.1. The maximum Gasteiger partial charge on any atom is 0.266 e. The molecular formula is C24H21N3O3S. The van der Waals surface area contributed by atoms with Crippen molar-refractivity contribution in [2.75, 3.05) is 12.4 Å². The van der Waals surface area contributed by atoms with Gasteiger partial charge in [-0.25, -0.2) is 0 Å². The summed E-state index contributed by atoms with van der Waals surface area (Å²) in [6, 6.07) is 17.8. The van der Waals surface area contributed by atoms with Crippen LogP contribution in [-0.4, -0.2) is 22.6 Å². The number of aromatic amines is 1. The van der Waals surface area contributed by atoms with Crippen molar-refractivity contribution in [1.82, 2.24) is 9.55 Å². The molecule has 0 aliphatic carbocycles. The van der Waals surface area contributed by atoms with E-state index < -0.39 is 0 Å². The molecule has 0 bridgehead atoms. The van der Waals surface area contributed by atoms with Crippen LogP contribution in [0.5, 0.6) is 5.75 Å². The summed E-state index contributed by atoms with van der Waals surface area (Å²) < 4.78 is 6.84. The van der Waals surface area contributed by atoms with Crippen molar-refractivity contribution < 1.29 is 9.53 Å². The largest absolute Gasteiger partial charge is 0.497 e. The number of ether oxygens (including phenoxy) is 1. The maximum atomic E-state index is 13.1. The Balaban J connectivity index is 1.72. The Morgan fingerprint density at radius 3 is 2.32 bits per heavy atom. The van der Waals surface area contributed by atoms with Crippen LogP contribution in [0.1, 0.15) is 21.5 Å². The first-order chi connectivity index (χ1) is 14.9. The molecule has 0 saturated carbocycles. The molecule has 0 atom stereocenters. The maximum absolute atomic E-state index is 13.1. The molecule has 0 aliphatic rings. The summed E-state index contributed by atoms with van der Waals surface area (Å²) in [5, 5.41) is 3.35. The molecule has 1 aromatic heterocycles. The van der Waals surface area contributed by atoms with Gasteiger partial charge in [0.05, 0.1) is 23.7 Å². The smallest absolute Gasteiger partial charge is 0.266 e. The molecule has 0 spiro atoms. The average molecular weight is 432 g/mol. The number of carbonyl (C=O) groups excluding carboxylic acids is 1. The van der Waals surface area contributed by atoms with Gasteiger partial charge >= 0.3 is 0 Å². The molecule has 156 valence electrons. The number of hydrogen-bond donors (Lipinski definition) is 2. The van der Waals surface area contributed by atoms with Crippen LogP contribution < -0.4 is 15.6 Å². The number of H-pyrrole nitrogens is 1. The molecule has 0 radical (unpaired) electrons. The zero-order valence-corrected chi connectivity index (χ0v) is 18.2. The van der Waals surface area contributed by atoms with E-state index >= 15 is 0 Å². The number of fused-ring (bicyclic) bond motifs is 1. The SMILES string of the molecule is COc1ccc(-n2c(=S)[nH]c3cc(C(=O)Nc4cc(C)cc(C)c4)ccc3c2=O)cc1. The lowest BCUT2D eigenvalue weighted by molar-refractivity contribution is 0.102. The van der Waals surface area contributed by atoms with Gasteiger partial charge in [0.25, 0.3) is 11.5 Å². The predicted octanol–water partition coefficient (Wildman–Crippen LogP) is 4.93. The summed E-state index contributed by atoms with van der Waals surface area (Å²) in [5.74, 6) is 0.428. The second-order valence-electron chi connectivity index (χ2n) is 7.36. The van der Waals surface area contributed by atoms with Gasteiger partial charge in [-0.1, -0.05) is 6.07 Å². The third kappa shape index (κ3) is 4.13. The van der Waals surface area contributed by atoms with Gasteiger partial charge in [-0.2, -0.15) is 0 Å². The van der Waals surface area contributed by atoms with E-state index in [2.05, 4.69) is 10.3 Å². The van der Waals surface area contributed by atoms with Crippen molar-refractivity contribution in [2.24, 2.45) is 0 Å². The van der Waals surface area contributed by atoms with E-state index in [0.717, 1.165) is 16.8 Å². The molecule has 0 aliphatic heterocycles. The van der Waals surface area contributed by atoms with Crippen LogP contribution >= 0.6 is 12.2 Å². The quantitative estimate of drug-likeness (QED) is 0.450. The first kappa shape index (κ1) is 20.6. The van der Waals surface area contributed by atoms with Crippen LogP contribution in [0.3, 0.4) is 0 Å². The van der Waals surface area contributed by atoms with Gasteiger partial charge in [-0.3, -0.25) is 14.2 Å². The predicted molar refractivity (Wildman–Crippen MR) is 125 cm³/mol. The molecule has 7 heteroatoms. The Kier molecular flexibility index (Phi) is 5.44. The van der Waals surface area contributed by atoms with Gasteiger partial charge in [0.1, 0.15) is 5.75 Å². The molecule has 31 heavy (non-hydrogen) atoms. The number of benzene rings is 3. The Morgan fingerprint density at radius 1 is 1.00 bits per heavy atom. The molecule has 0 fully saturated rings. The number of aromatic nitrogens is 2. The van der Waals surface area contributed by atoms with Crippen molar-refractivity contribution in [2.45, 2.75) is 13.8 Å². The summed E-state index contributed by atoms with van der Waals surface area (Å²) in [4.78, 5) is 28.9. The minimum Gasteiger partial charge on any atom is -0.497 e. The fourth-order valence-electron chi connectivity index (χ4n) is 3.58. The third-order valence-electron chi connectivity index (χ3n) is 4.97. The zero-order valence-electron chi connectivity index (χ0n) is 17.4. The van der Waals surface area contributed by atoms with Crippen molar-refractivity contribution in [3.63, 3.8) is 0 Å². The van der Waals surface area contributed by atoms with E-state index in [9.17, 15) is 9.59 Å². The second-order valence-corrected chi connectivity index (χ2v) is 7.75. The van der Waals surface area contributed by atoms with Crippen molar-refractivity contribution in [1.29, 1.82) is 0 Å². The topological polar surface area (TPSA) is 76.1 Å². The fraction of sp³-hybridized carbons (Fsp3) is 0.125. The van der Waals surface area contributed by atoms with Crippen LogP contribution in [0.15, 0.2) is 65.5 Å². The molecule has 3 aromatic carbocycles. The second kappa shape index (κ2) is 8.20. The Bertz CT molecular complexity index is 1400. The van der Waals surface area contributed by atoms with E-state index in [0.29, 0.717) is 27.9 Å². The minimum absolute atomic E-state index is 0.245. The van der Waals surface area contributed by atoms with Crippen LogP contribution in [0.2, 0.25) is 0 Å². The van der Waals surface area contributed by atoms with Crippen molar-refractivity contribution in [3.05, 3.63) is 92.5 Å². The van der Waals surface area contributed by atoms with Crippen LogP contribution in [0, 0.1) is 18.6 Å². The highest BCUT2D eigenvalue weighted by Crippen LogP contribution is 2.18. The Hall–Kier alpha value is -3.71. The summed E-state index contributed by atoms with van der Waals surface area (Å²) >= 11 is 5.43. The van der Waals surface area contributed by atoms with Gasteiger partial charge in [-0.05, 0) is 91.8 Å². The lowest BCUT2D eigenvalue weighted by Crippen LogP contribution is -2.21. The lowest BCUT2D eigenvalue weighted by Gasteiger charge is -2.11. The van der Waals surface area contributed by atoms with Gasteiger partial charge < -0.3 is 15.0 Å². The highest BCUT2D eigenvalue weighted by Gasteiger charge is 2.12. The summed E-state index contributed by atoms with van der Waals surface area (Å²) in [7, 11) is 1.58. The number of hydrogen-bond acceptors (Lipinski definition) is 4. The third-order valence-corrected chi connectivity index (χ3v) is 5.25. The summed E-state index contributed by atoms with van der Waals surface area (Å²) in [6.45, 7) is 3.96. The van der Waals surface area contributed by atoms with Crippen LogP contribution in [0.25, 0.3) is 16.6 Å². The Morgan fingerprint density at radius 2 is 1.68 bits per heavy atom. The van der Waals surface area contributed by atoms with Crippen LogP contribution in [0.4, 0.5) is 5.69 Å². The van der Waals surface area contributed by atoms with Gasteiger partial charge in [0.2, 0.25) is 0 Å². The molecule has 0 saturated heterocycles. The van der Waals surface area contributed by atoms with Crippen molar-refractivity contribution in [3.8, 4) is 11.4 Å². The number of methoxy groups -OCH3 is 1. The van der Waals surface area contributed by atoms with E-state index in [4.69, 9.17) is 17.0 Å². The molecule has 4 aromatic rings. The molecule has 2 N–H and O–H groups in total. The van der Waals surface area contributed by atoms with Crippen molar-refractivity contribution >= 4 is 34.7 Å². The number of amides is 1. The lowest BCUT2D eigenvalue weighted by atomic mass is 10.1. The number of aryl methyl sites for hydroxylation is 2. The molecule has 4 rings (SSSR count). The number of carbonyl (C=O) groups is 1. The van der Waals surface area contributed by atoms with E-state index in [1.54, 1.807) is 49.6 Å². The van der Waals surface area contributed by atoms with Crippen LogP contribution in [-0.2, 0) is 0 Å². The number of anilines is 1. The normalized spacial score (nSPS) is 10.8. The number of rotatable bonds is 4. The monoisotopic (exact) mass is 431 g/mol. The molecule has 6 nitrogen and oxygen atoms in total. The van der Waals surface area contributed by atoms with E-state index in [1.807, 2.05) is 32.0 Å². The molecular weight excluding hydrogens is 410 g/mol. The van der Waals surface area contributed by atoms with Gasteiger partial charge in [0.15, 0.2) is 4.77 Å². The summed E-state index contributed by atoms with van der Waals surface area (Å²) in [6.07, 6.45) is 0. The van der Waals surface area contributed by atoms with Gasteiger partial charge in [0, 0.05) is 11.3 Å². The number of nitrogens with one attached hydrogen (secondary N) is 2. The molecule has 1 amide bonds. The molecule has 0 unspecified atom stereocenters. The van der Waals surface area contributed by atoms with E-state index in [1.165, 1.54) is 4.57 Å². The van der Waals surface area contributed by atoms with E-state index in [-0.39, 0.29) is 16.2 Å². The first-order valence-electron chi connectivity index (χ1n) is 9.69. The highest BCUT2D eigenvalue weighted by atomic mass is 32.1. The first-order valence-corrected chi connectivity index (χ1v) is 10.1. The fourth-order valence-corrected chi connectivity index (χ4v) is 3.87. The Labute approximate surface area is 184 Å². The standard InChI is InChI=1S/C24H21N3O3S/c1-14-10-15(2)12-17(11-14)25-22(28)16-4-9-20-21(13-16)26-24(31)27(23(20)29)18-5-7-19(30-3)8-6-18/h4-13H,1-3H3,(H,25,28)(H,26,31). The minimum atomic E-state index is -0.259. The average Bonchev–Trinajstić information content (AvgIpc) is 2.73.